The molecular formula is C14H13Cl2NO3S. The molecule has 0 saturated carbocycles. The lowest BCUT2D eigenvalue weighted by molar-refractivity contribution is 0.0531. The molecule has 0 aliphatic carbocycles. The molecule has 0 spiro atoms. The number of nitrogens with zero attached hydrogens (tertiary/aromatic N) is 1. The Balaban J connectivity index is 2.09. The maximum atomic E-state index is 11.7. The Hall–Kier alpha value is -1.30. The second-order valence-corrected chi connectivity index (χ2v) is 6.03. The van der Waals surface area contributed by atoms with Crippen LogP contribution in [0.2, 0.25) is 10.0 Å². The molecule has 0 aliphatic heterocycles. The van der Waals surface area contributed by atoms with Crippen LogP contribution in [0.3, 0.4) is 0 Å². The third-order valence-electron chi connectivity index (χ3n) is 2.55. The largest absolute Gasteiger partial charge is 0.485 e. The molecule has 0 N–H and O–H groups in total. The van der Waals surface area contributed by atoms with Crippen molar-refractivity contribution < 1.29 is 14.3 Å². The van der Waals surface area contributed by atoms with E-state index in [1.807, 2.05) is 0 Å². The number of carbonyl (C=O) groups excluding carboxylic acids is 1. The Morgan fingerprint density at radius 1 is 1.38 bits per heavy atom. The van der Waals surface area contributed by atoms with E-state index in [1.54, 1.807) is 32.0 Å². The van der Waals surface area contributed by atoms with Crippen LogP contribution in [0, 0.1) is 6.92 Å². The fraction of sp³-hybridized carbons (Fsp3) is 0.286. The Labute approximate surface area is 136 Å². The zero-order valence-electron chi connectivity index (χ0n) is 11.5. The van der Waals surface area contributed by atoms with Gasteiger partial charge in [0, 0.05) is 11.1 Å². The van der Waals surface area contributed by atoms with E-state index in [0.717, 1.165) is 0 Å². The van der Waals surface area contributed by atoms with Crippen LogP contribution < -0.4 is 4.74 Å². The van der Waals surface area contributed by atoms with Crippen LogP contribution in [-0.4, -0.2) is 17.6 Å². The third kappa shape index (κ3) is 4.09. The molecule has 2 aromatic rings. The fourth-order valence-corrected chi connectivity index (χ4v) is 2.83. The van der Waals surface area contributed by atoms with Crippen LogP contribution in [0.5, 0.6) is 5.75 Å². The summed E-state index contributed by atoms with van der Waals surface area (Å²) in [5, 5.41) is 1.68. The number of halogens is 2. The van der Waals surface area contributed by atoms with Gasteiger partial charge in [-0.2, -0.15) is 0 Å². The molecule has 7 heteroatoms. The molecule has 0 fully saturated rings. The van der Waals surface area contributed by atoms with Gasteiger partial charge in [0.05, 0.1) is 17.3 Å². The Kier molecular flexibility index (Phi) is 5.45. The number of thiazole rings is 1. The third-order valence-corrected chi connectivity index (χ3v) is 4.20. The first kappa shape index (κ1) is 16.1. The van der Waals surface area contributed by atoms with E-state index in [0.29, 0.717) is 38.0 Å². The first-order chi connectivity index (χ1) is 10.0. The van der Waals surface area contributed by atoms with Crippen molar-refractivity contribution in [3.8, 4) is 5.75 Å². The molecule has 1 aromatic heterocycles. The maximum Gasteiger partial charge on any atom is 0.350 e. The number of aryl methyl sites for hydroxylation is 1. The number of esters is 1. The fourth-order valence-electron chi connectivity index (χ4n) is 1.63. The summed E-state index contributed by atoms with van der Waals surface area (Å²) in [6.07, 6.45) is 0. The predicted molar refractivity (Wildman–Crippen MR) is 83.6 cm³/mol. The van der Waals surface area contributed by atoms with Crippen molar-refractivity contribution >= 4 is 40.5 Å². The number of hydrogen-bond donors (Lipinski definition) is 0. The molecule has 0 aliphatic rings. The van der Waals surface area contributed by atoms with Gasteiger partial charge in [0.15, 0.2) is 0 Å². The van der Waals surface area contributed by atoms with E-state index >= 15 is 0 Å². The number of benzene rings is 1. The average Bonchev–Trinajstić information content (AvgIpc) is 2.81. The predicted octanol–water partition coefficient (Wildman–Crippen LogP) is 4.51. The van der Waals surface area contributed by atoms with E-state index < -0.39 is 0 Å². The maximum absolute atomic E-state index is 11.7. The van der Waals surface area contributed by atoms with Crippen molar-refractivity contribution in [2.45, 2.75) is 20.5 Å². The summed E-state index contributed by atoms with van der Waals surface area (Å²) in [5.41, 5.74) is 0.634. The minimum absolute atomic E-state index is 0.213. The minimum Gasteiger partial charge on any atom is -0.485 e. The van der Waals surface area contributed by atoms with Crippen LogP contribution in [0.15, 0.2) is 18.2 Å². The van der Waals surface area contributed by atoms with Gasteiger partial charge in [0.1, 0.15) is 22.2 Å². The topological polar surface area (TPSA) is 48.4 Å². The Bertz CT molecular complexity index is 658. The lowest BCUT2D eigenvalue weighted by Crippen LogP contribution is -2.03. The van der Waals surface area contributed by atoms with Crippen molar-refractivity contribution in [3.63, 3.8) is 0 Å². The normalized spacial score (nSPS) is 10.5. The lowest BCUT2D eigenvalue weighted by Gasteiger charge is -2.06. The molecular weight excluding hydrogens is 333 g/mol. The van der Waals surface area contributed by atoms with Gasteiger partial charge in [-0.1, -0.05) is 23.2 Å². The van der Waals surface area contributed by atoms with Gasteiger partial charge < -0.3 is 9.47 Å². The molecule has 0 atom stereocenters. The summed E-state index contributed by atoms with van der Waals surface area (Å²) in [6.45, 7) is 4.07. The number of rotatable bonds is 5. The van der Waals surface area contributed by atoms with Crippen LogP contribution >= 0.6 is 34.5 Å². The van der Waals surface area contributed by atoms with E-state index in [4.69, 9.17) is 32.7 Å². The van der Waals surface area contributed by atoms with E-state index in [9.17, 15) is 4.79 Å². The standard InChI is InChI=1S/C14H13Cl2NO3S/c1-3-19-14(18)13-8(2)17-12(21-13)7-20-11-6-9(15)4-5-10(11)16/h4-6H,3,7H2,1-2H3. The van der Waals surface area contributed by atoms with Crippen LogP contribution in [-0.2, 0) is 11.3 Å². The van der Waals surface area contributed by atoms with Gasteiger partial charge in [-0.05, 0) is 26.0 Å². The summed E-state index contributed by atoms with van der Waals surface area (Å²) in [7, 11) is 0. The molecule has 0 radical (unpaired) electrons. The highest BCUT2D eigenvalue weighted by molar-refractivity contribution is 7.13. The van der Waals surface area contributed by atoms with Crippen LogP contribution in [0.4, 0.5) is 0 Å². The first-order valence-electron chi connectivity index (χ1n) is 6.22. The lowest BCUT2D eigenvalue weighted by atomic mass is 10.3. The van der Waals surface area contributed by atoms with Crippen molar-refractivity contribution in [2.24, 2.45) is 0 Å². The molecule has 0 bridgehead atoms. The number of hydrogen-bond acceptors (Lipinski definition) is 5. The summed E-state index contributed by atoms with van der Waals surface area (Å²) in [6, 6.07) is 4.98. The number of aromatic nitrogens is 1. The summed E-state index contributed by atoms with van der Waals surface area (Å²) < 4.78 is 10.6. The van der Waals surface area contributed by atoms with Gasteiger partial charge in [-0.15, -0.1) is 11.3 Å². The summed E-state index contributed by atoms with van der Waals surface area (Å²) in [5.74, 6) is 0.120. The first-order valence-corrected chi connectivity index (χ1v) is 7.79. The van der Waals surface area contributed by atoms with Crippen molar-refractivity contribution in [1.29, 1.82) is 0 Å². The molecule has 0 saturated heterocycles. The zero-order chi connectivity index (χ0) is 15.4. The average molecular weight is 346 g/mol. The van der Waals surface area contributed by atoms with Gasteiger partial charge in [0.2, 0.25) is 0 Å². The number of ether oxygens (including phenoxy) is 2. The van der Waals surface area contributed by atoms with E-state index in [2.05, 4.69) is 4.98 Å². The van der Waals surface area contributed by atoms with Crippen molar-refractivity contribution in [3.05, 3.63) is 43.8 Å². The molecule has 1 heterocycles. The molecule has 1 aromatic carbocycles. The van der Waals surface area contributed by atoms with Crippen molar-refractivity contribution in [2.75, 3.05) is 6.61 Å². The van der Waals surface area contributed by atoms with Gasteiger partial charge in [-0.25, -0.2) is 9.78 Å². The van der Waals surface area contributed by atoms with E-state index in [-0.39, 0.29) is 12.6 Å². The van der Waals surface area contributed by atoms with Gasteiger partial charge in [0.25, 0.3) is 0 Å². The Morgan fingerprint density at radius 3 is 2.86 bits per heavy atom. The van der Waals surface area contributed by atoms with Crippen LogP contribution in [0.1, 0.15) is 27.3 Å². The highest BCUT2D eigenvalue weighted by atomic mass is 35.5. The second-order valence-electron chi connectivity index (χ2n) is 4.11. The molecule has 0 amide bonds. The molecule has 112 valence electrons. The van der Waals surface area contributed by atoms with Gasteiger partial charge in [-0.3, -0.25) is 0 Å². The Morgan fingerprint density at radius 2 is 2.14 bits per heavy atom. The van der Waals surface area contributed by atoms with Crippen LogP contribution in [0.25, 0.3) is 0 Å². The quantitative estimate of drug-likeness (QED) is 0.747. The summed E-state index contributed by atoms with van der Waals surface area (Å²) >= 11 is 13.2. The summed E-state index contributed by atoms with van der Waals surface area (Å²) in [4.78, 5) is 16.5. The monoisotopic (exact) mass is 345 g/mol. The SMILES string of the molecule is CCOC(=O)c1sc(COc2cc(Cl)ccc2Cl)nc1C. The minimum atomic E-state index is -0.362. The zero-order valence-corrected chi connectivity index (χ0v) is 13.8. The molecule has 0 unspecified atom stereocenters. The molecule has 2 rings (SSSR count). The smallest absolute Gasteiger partial charge is 0.350 e. The highest BCUT2D eigenvalue weighted by Gasteiger charge is 2.16. The second kappa shape index (κ2) is 7.11. The number of carbonyl (C=O) groups is 1. The molecule has 21 heavy (non-hydrogen) atoms. The van der Waals surface area contributed by atoms with Crippen molar-refractivity contribution in [1.82, 2.24) is 4.98 Å². The highest BCUT2D eigenvalue weighted by Crippen LogP contribution is 2.29. The molecule has 4 nitrogen and oxygen atoms in total. The van der Waals surface area contributed by atoms with Gasteiger partial charge >= 0.3 is 5.97 Å². The van der Waals surface area contributed by atoms with E-state index in [1.165, 1.54) is 11.3 Å².